The molecule has 1 heterocycles. The van der Waals surface area contributed by atoms with Crippen LogP contribution in [0.25, 0.3) is 0 Å². The molecule has 3 rings (SSSR count). The number of amides is 1. The second-order valence-electron chi connectivity index (χ2n) is 6.61. The molecule has 9 nitrogen and oxygen atoms in total. The minimum absolute atomic E-state index is 0.0388. The van der Waals surface area contributed by atoms with Crippen LogP contribution < -0.4 is 16.3 Å². The van der Waals surface area contributed by atoms with E-state index in [2.05, 4.69) is 15.5 Å². The Labute approximate surface area is 183 Å². The molecule has 0 unspecified atom stereocenters. The first-order valence-corrected chi connectivity index (χ1v) is 11.7. The third-order valence-electron chi connectivity index (χ3n) is 4.36. The standard InChI is InChI=1S/C19H21FN6O3S2/c20-16-4-2-1-3-14(16)11-17-24-25-19(26(17)21)30-12-18(27)23-10-9-13-5-7-15(8-6-13)31(22,28)29/h1-8H,9-12,21H2,(H,23,27)(H2,22,28,29). The summed E-state index contributed by atoms with van der Waals surface area (Å²) >= 11 is 1.12. The average Bonchev–Trinajstić information content (AvgIpc) is 3.07. The molecule has 0 aliphatic rings. The van der Waals surface area contributed by atoms with E-state index in [0.29, 0.717) is 29.5 Å². The lowest BCUT2D eigenvalue weighted by Gasteiger charge is -2.07. The van der Waals surface area contributed by atoms with Crippen LogP contribution in [0.15, 0.2) is 58.6 Å². The molecule has 31 heavy (non-hydrogen) atoms. The van der Waals surface area contributed by atoms with Crippen LogP contribution in [0, 0.1) is 5.82 Å². The quantitative estimate of drug-likeness (QED) is 0.314. The van der Waals surface area contributed by atoms with Crippen molar-refractivity contribution in [3.8, 4) is 0 Å². The van der Waals surface area contributed by atoms with Crippen molar-refractivity contribution in [2.75, 3.05) is 18.1 Å². The first-order chi connectivity index (χ1) is 14.7. The largest absolute Gasteiger partial charge is 0.355 e. The van der Waals surface area contributed by atoms with E-state index in [1.54, 1.807) is 30.3 Å². The summed E-state index contributed by atoms with van der Waals surface area (Å²) in [5.74, 6) is 5.87. The monoisotopic (exact) mass is 464 g/mol. The summed E-state index contributed by atoms with van der Waals surface area (Å²) in [6.45, 7) is 0.377. The van der Waals surface area contributed by atoms with Crippen LogP contribution >= 0.6 is 11.8 Å². The molecular weight excluding hydrogens is 443 g/mol. The van der Waals surface area contributed by atoms with E-state index in [1.807, 2.05) is 0 Å². The predicted molar refractivity (Wildman–Crippen MR) is 115 cm³/mol. The van der Waals surface area contributed by atoms with E-state index in [4.69, 9.17) is 11.0 Å². The highest BCUT2D eigenvalue weighted by Crippen LogP contribution is 2.17. The SMILES string of the molecule is Nn1c(Cc2ccccc2F)nnc1SCC(=O)NCCc1ccc(S(N)(=O)=O)cc1. The van der Waals surface area contributed by atoms with Crippen molar-refractivity contribution in [2.24, 2.45) is 5.14 Å². The summed E-state index contributed by atoms with van der Waals surface area (Å²) in [5.41, 5.74) is 1.31. The average molecular weight is 465 g/mol. The van der Waals surface area contributed by atoms with Crippen molar-refractivity contribution in [2.45, 2.75) is 22.9 Å². The molecule has 0 aliphatic carbocycles. The summed E-state index contributed by atoms with van der Waals surface area (Å²) in [6, 6.07) is 12.5. The third-order valence-corrected chi connectivity index (χ3v) is 6.23. The summed E-state index contributed by atoms with van der Waals surface area (Å²) in [4.78, 5) is 12.1. The molecular formula is C19H21FN6O3S2. The Morgan fingerprint density at radius 3 is 2.52 bits per heavy atom. The zero-order chi connectivity index (χ0) is 22.4. The van der Waals surface area contributed by atoms with E-state index >= 15 is 0 Å². The number of primary sulfonamides is 1. The second-order valence-corrected chi connectivity index (χ2v) is 9.12. The van der Waals surface area contributed by atoms with Crippen molar-refractivity contribution in [3.05, 3.63) is 71.3 Å². The van der Waals surface area contributed by atoms with Crippen LogP contribution in [0.5, 0.6) is 0 Å². The van der Waals surface area contributed by atoms with Gasteiger partial charge in [-0.05, 0) is 35.7 Å². The Morgan fingerprint density at radius 2 is 1.84 bits per heavy atom. The number of nitrogens with zero attached hydrogens (tertiary/aromatic N) is 3. The second kappa shape index (κ2) is 9.90. The van der Waals surface area contributed by atoms with Crippen molar-refractivity contribution < 1.29 is 17.6 Å². The molecule has 164 valence electrons. The van der Waals surface area contributed by atoms with Crippen molar-refractivity contribution in [1.29, 1.82) is 0 Å². The first-order valence-electron chi connectivity index (χ1n) is 9.18. The number of sulfonamides is 1. The van der Waals surface area contributed by atoms with Gasteiger partial charge in [-0.1, -0.05) is 42.1 Å². The normalized spacial score (nSPS) is 11.4. The van der Waals surface area contributed by atoms with Crippen molar-refractivity contribution in [3.63, 3.8) is 0 Å². The number of thioether (sulfide) groups is 1. The molecule has 0 fully saturated rings. The van der Waals surface area contributed by atoms with Gasteiger partial charge in [0.25, 0.3) is 0 Å². The summed E-state index contributed by atoms with van der Waals surface area (Å²) < 4.78 is 37.5. The maximum atomic E-state index is 13.8. The van der Waals surface area contributed by atoms with Crippen molar-refractivity contribution >= 4 is 27.7 Å². The lowest BCUT2D eigenvalue weighted by molar-refractivity contribution is -0.118. The fraction of sp³-hybridized carbons (Fsp3) is 0.211. The van der Waals surface area contributed by atoms with Crippen LogP contribution in [0.4, 0.5) is 4.39 Å². The van der Waals surface area contributed by atoms with Gasteiger partial charge in [-0.3, -0.25) is 4.79 Å². The fourth-order valence-electron chi connectivity index (χ4n) is 2.71. The number of nitrogens with one attached hydrogen (secondary N) is 1. The number of carbonyl (C=O) groups is 1. The van der Waals surface area contributed by atoms with Crippen LogP contribution in [0.2, 0.25) is 0 Å². The minimum atomic E-state index is -3.72. The van der Waals surface area contributed by atoms with E-state index in [1.165, 1.54) is 22.9 Å². The highest BCUT2D eigenvalue weighted by atomic mass is 32.2. The van der Waals surface area contributed by atoms with Gasteiger partial charge in [0.15, 0.2) is 5.82 Å². The Bertz CT molecular complexity index is 1170. The Kier molecular flexibility index (Phi) is 7.25. The fourth-order valence-corrected chi connectivity index (χ4v) is 3.93. The van der Waals surface area contributed by atoms with E-state index in [0.717, 1.165) is 17.3 Å². The summed E-state index contributed by atoms with van der Waals surface area (Å²) in [7, 11) is -3.72. The van der Waals surface area contributed by atoms with Crippen LogP contribution in [0.3, 0.4) is 0 Å². The van der Waals surface area contributed by atoms with Gasteiger partial charge in [0.1, 0.15) is 5.82 Å². The molecule has 12 heteroatoms. The molecule has 0 bridgehead atoms. The summed E-state index contributed by atoms with van der Waals surface area (Å²) in [6.07, 6.45) is 0.717. The summed E-state index contributed by atoms with van der Waals surface area (Å²) in [5, 5.41) is 16.1. The molecule has 0 spiro atoms. The highest BCUT2D eigenvalue weighted by Gasteiger charge is 2.14. The maximum absolute atomic E-state index is 13.8. The van der Waals surface area contributed by atoms with Gasteiger partial charge >= 0.3 is 0 Å². The van der Waals surface area contributed by atoms with Crippen LogP contribution in [0.1, 0.15) is 17.0 Å². The lowest BCUT2D eigenvalue weighted by atomic mass is 10.1. The number of carbonyl (C=O) groups excluding carboxylic acids is 1. The Hall–Kier alpha value is -2.96. The zero-order valence-electron chi connectivity index (χ0n) is 16.4. The zero-order valence-corrected chi connectivity index (χ0v) is 18.0. The molecule has 0 radical (unpaired) electrons. The van der Waals surface area contributed by atoms with E-state index in [-0.39, 0.29) is 28.8 Å². The van der Waals surface area contributed by atoms with Crippen molar-refractivity contribution in [1.82, 2.24) is 20.2 Å². The molecule has 0 aliphatic heterocycles. The number of benzene rings is 2. The highest BCUT2D eigenvalue weighted by molar-refractivity contribution is 7.99. The molecule has 0 saturated heterocycles. The van der Waals surface area contributed by atoms with Crippen LogP contribution in [-0.2, 0) is 27.7 Å². The number of halogens is 1. The number of hydrogen-bond acceptors (Lipinski definition) is 7. The van der Waals surface area contributed by atoms with Gasteiger partial charge < -0.3 is 11.2 Å². The molecule has 1 aromatic heterocycles. The maximum Gasteiger partial charge on any atom is 0.238 e. The van der Waals surface area contributed by atoms with Gasteiger partial charge in [0.2, 0.25) is 21.1 Å². The van der Waals surface area contributed by atoms with Crippen LogP contribution in [-0.4, -0.2) is 41.5 Å². The van der Waals surface area contributed by atoms with Gasteiger partial charge in [0.05, 0.1) is 10.6 Å². The van der Waals surface area contributed by atoms with E-state index in [9.17, 15) is 17.6 Å². The smallest absolute Gasteiger partial charge is 0.238 e. The van der Waals surface area contributed by atoms with E-state index < -0.39 is 10.0 Å². The molecule has 1 amide bonds. The van der Waals surface area contributed by atoms with Gasteiger partial charge in [-0.25, -0.2) is 22.6 Å². The molecule has 5 N–H and O–H groups in total. The first kappa shape index (κ1) is 22.7. The molecule has 0 atom stereocenters. The van der Waals surface area contributed by atoms with Gasteiger partial charge in [-0.2, -0.15) is 0 Å². The molecule has 2 aromatic carbocycles. The number of aromatic nitrogens is 3. The third kappa shape index (κ3) is 6.26. The Morgan fingerprint density at radius 1 is 1.13 bits per heavy atom. The molecule has 0 saturated carbocycles. The van der Waals surface area contributed by atoms with Gasteiger partial charge in [-0.15, -0.1) is 10.2 Å². The van der Waals surface area contributed by atoms with Gasteiger partial charge in [0, 0.05) is 13.0 Å². The predicted octanol–water partition coefficient (Wildman–Crippen LogP) is 0.820. The topological polar surface area (TPSA) is 146 Å². The molecule has 3 aromatic rings. The minimum Gasteiger partial charge on any atom is -0.355 e. The Balaban J connectivity index is 1.46. The number of nitrogen functional groups attached to an aromatic ring is 1. The number of rotatable bonds is 9. The lowest BCUT2D eigenvalue weighted by Crippen LogP contribution is -2.27. The number of nitrogens with two attached hydrogens (primary N) is 2. The number of hydrogen-bond donors (Lipinski definition) is 3.